The zero-order valence-electron chi connectivity index (χ0n) is 11.6. The van der Waals surface area contributed by atoms with Gasteiger partial charge in [-0.25, -0.2) is 0 Å². The van der Waals surface area contributed by atoms with Gasteiger partial charge in [0, 0.05) is 0 Å². The summed E-state index contributed by atoms with van der Waals surface area (Å²) in [6.07, 6.45) is 6.96. The molecule has 0 aromatic carbocycles. The lowest BCUT2D eigenvalue weighted by Gasteiger charge is -3.37. The fourth-order valence-corrected chi connectivity index (χ4v) is 17.5. The monoisotopic (exact) mass is 258 g/mol. The molecule has 12 unspecified atom stereocenters. The van der Waals surface area contributed by atoms with E-state index in [1.807, 2.05) is 0 Å². The van der Waals surface area contributed by atoms with E-state index in [4.69, 9.17) is 0 Å². The second-order valence-electron chi connectivity index (χ2n) is 11.9. The molecule has 12 atom stereocenters. The summed E-state index contributed by atoms with van der Waals surface area (Å²) < 4.78 is 0. The van der Waals surface area contributed by atoms with Crippen molar-refractivity contribution in [3.05, 3.63) is 0 Å². The SMILES string of the molecule is C1C2C3CC4C5C6CC7C8CC9C%10C1C21C34C52C76C89C%1012. The van der Waals surface area contributed by atoms with Crippen molar-refractivity contribution in [3.63, 3.8) is 0 Å². The molecule has 0 radical (unpaired) electrons. The maximum absolute atomic E-state index is 1.74. The smallest absolute Gasteiger partial charge is 0.00573 e. The van der Waals surface area contributed by atoms with Crippen LogP contribution in [0.15, 0.2) is 0 Å². The average Bonchev–Trinajstić information content (AvgIpc) is 2.33. The first-order valence-electron chi connectivity index (χ1n) is 9.90. The van der Waals surface area contributed by atoms with Gasteiger partial charge in [0.1, 0.15) is 0 Å². The molecule has 0 aromatic rings. The minimum atomic E-state index is 1.10. The van der Waals surface area contributed by atoms with Crippen molar-refractivity contribution in [2.75, 3.05) is 0 Å². The standard InChI is InChI=1S/C20H18/c1-5-6-2-11-14-12-4-8-7-3-10-13-9(1)15(5)16(6,11)20(14)18(8,12)17(7,10)19(13,15)20/h5-14H,1-4H2. The van der Waals surface area contributed by atoms with Crippen LogP contribution in [-0.2, 0) is 0 Å². The van der Waals surface area contributed by atoms with Crippen molar-refractivity contribution in [1.82, 2.24) is 0 Å². The van der Waals surface area contributed by atoms with E-state index in [9.17, 15) is 0 Å². The minimum absolute atomic E-state index is 1.10. The van der Waals surface area contributed by atoms with Crippen LogP contribution < -0.4 is 0 Å². The Balaban J connectivity index is 1.36. The zero-order chi connectivity index (χ0) is 11.6. The van der Waals surface area contributed by atoms with E-state index in [1.165, 1.54) is 59.2 Å². The van der Waals surface area contributed by atoms with Gasteiger partial charge in [0.15, 0.2) is 0 Å². The highest BCUT2D eigenvalue weighted by molar-refractivity contribution is 5.80. The third kappa shape index (κ3) is 0.196. The summed E-state index contributed by atoms with van der Waals surface area (Å²) in [4.78, 5) is 0. The van der Waals surface area contributed by atoms with E-state index in [2.05, 4.69) is 0 Å². The normalized spacial score (nSPS) is 116. The van der Waals surface area contributed by atoms with Crippen LogP contribution in [0.25, 0.3) is 0 Å². The first kappa shape index (κ1) is 7.51. The Kier molecular flexibility index (Phi) is 0.472. The number of hydrogen-bond acceptors (Lipinski definition) is 0. The highest BCUT2D eigenvalue weighted by Gasteiger charge is 3.35. The molecule has 0 heterocycles. The minimum Gasteiger partial charge on any atom is -0.0458 e. The van der Waals surface area contributed by atoms with Crippen LogP contribution in [0, 0.1) is 91.7 Å². The summed E-state index contributed by atoms with van der Waals surface area (Å²) in [5.41, 5.74) is 6.61. The van der Waals surface area contributed by atoms with E-state index in [1.54, 1.807) is 25.7 Å². The Bertz CT molecular complexity index is 724. The predicted octanol–water partition coefficient (Wildman–Crippen LogP) is 2.79. The molecular formula is C20H18. The van der Waals surface area contributed by atoms with Crippen molar-refractivity contribution in [3.8, 4) is 0 Å². The first-order chi connectivity index (χ1) is 9.90. The number of hydrogen-bond donors (Lipinski definition) is 0. The van der Waals surface area contributed by atoms with Crippen LogP contribution in [0.2, 0.25) is 0 Å². The molecule has 12 aliphatic carbocycles. The number of fused-ring (bicyclic) bond motifs is 6. The molecule has 20 heavy (non-hydrogen) atoms. The van der Waals surface area contributed by atoms with E-state index < -0.39 is 0 Å². The lowest BCUT2D eigenvalue weighted by atomic mass is 8.66. The third-order valence-electron chi connectivity index (χ3n) is 15.0. The van der Waals surface area contributed by atoms with Gasteiger partial charge in [0.25, 0.3) is 0 Å². The molecule has 12 rings (SSSR count). The topological polar surface area (TPSA) is 0 Å². The Hall–Kier alpha value is 0. The van der Waals surface area contributed by atoms with Gasteiger partial charge in [0.05, 0.1) is 0 Å². The van der Waals surface area contributed by atoms with E-state index in [0.29, 0.717) is 0 Å². The molecule has 0 aliphatic heterocycles. The first-order valence-corrected chi connectivity index (χ1v) is 9.90. The zero-order valence-corrected chi connectivity index (χ0v) is 11.6. The van der Waals surface area contributed by atoms with Crippen molar-refractivity contribution in [2.45, 2.75) is 25.7 Å². The lowest BCUT2D eigenvalue weighted by Crippen LogP contribution is -3.34. The van der Waals surface area contributed by atoms with Gasteiger partial charge in [-0.2, -0.15) is 0 Å². The van der Waals surface area contributed by atoms with Gasteiger partial charge < -0.3 is 0 Å². The second kappa shape index (κ2) is 1.26. The molecule has 0 amide bonds. The van der Waals surface area contributed by atoms with Gasteiger partial charge in [-0.15, -0.1) is 0 Å². The molecule has 12 aliphatic rings. The maximum atomic E-state index is 1.74. The van der Waals surface area contributed by atoms with Crippen LogP contribution >= 0.6 is 0 Å². The van der Waals surface area contributed by atoms with Gasteiger partial charge >= 0.3 is 0 Å². The molecule has 6 spiro atoms. The van der Waals surface area contributed by atoms with Crippen LogP contribution in [0.3, 0.4) is 0 Å². The quantitative estimate of drug-likeness (QED) is 0.627. The lowest BCUT2D eigenvalue weighted by molar-refractivity contribution is -0.912. The van der Waals surface area contributed by atoms with Crippen LogP contribution in [-0.4, -0.2) is 0 Å². The Morgan fingerprint density at radius 1 is 0.400 bits per heavy atom. The summed E-state index contributed by atoms with van der Waals surface area (Å²) in [5.74, 6) is 13.3. The summed E-state index contributed by atoms with van der Waals surface area (Å²) in [6, 6.07) is 0. The molecule has 0 heteroatoms. The molecule has 12 fully saturated rings. The third-order valence-corrected chi connectivity index (χ3v) is 15.0. The van der Waals surface area contributed by atoms with Gasteiger partial charge in [-0.3, -0.25) is 0 Å². The summed E-state index contributed by atoms with van der Waals surface area (Å²) in [5, 5.41) is 0. The van der Waals surface area contributed by atoms with E-state index in [0.717, 1.165) is 32.5 Å². The fourth-order valence-electron chi connectivity index (χ4n) is 17.5. The highest BCUT2D eigenvalue weighted by atomic mass is 15.4. The van der Waals surface area contributed by atoms with Gasteiger partial charge in [-0.05, 0) is 117 Å². The van der Waals surface area contributed by atoms with Crippen molar-refractivity contribution in [2.24, 2.45) is 91.7 Å². The molecule has 0 saturated heterocycles. The van der Waals surface area contributed by atoms with Crippen molar-refractivity contribution in [1.29, 1.82) is 0 Å². The van der Waals surface area contributed by atoms with E-state index in [-0.39, 0.29) is 0 Å². The molecule has 98 valence electrons. The molecule has 0 aromatic heterocycles. The van der Waals surface area contributed by atoms with E-state index >= 15 is 0 Å². The maximum Gasteiger partial charge on any atom is -0.00573 e. The summed E-state index contributed by atoms with van der Waals surface area (Å²) >= 11 is 0. The predicted molar refractivity (Wildman–Crippen MR) is 68.0 cm³/mol. The Labute approximate surface area is 118 Å². The molecule has 0 bridgehead atoms. The fraction of sp³-hybridized carbons (Fsp3) is 1.00. The second-order valence-corrected chi connectivity index (χ2v) is 11.9. The molecule has 0 nitrogen and oxygen atoms in total. The van der Waals surface area contributed by atoms with Gasteiger partial charge in [-0.1, -0.05) is 0 Å². The summed E-state index contributed by atoms with van der Waals surface area (Å²) in [7, 11) is 0. The largest absolute Gasteiger partial charge is 0.0458 e. The van der Waals surface area contributed by atoms with Gasteiger partial charge in [0.2, 0.25) is 0 Å². The molecule has 12 saturated carbocycles. The highest BCUT2D eigenvalue weighted by Crippen LogP contribution is 3.37. The van der Waals surface area contributed by atoms with Crippen LogP contribution in [0.1, 0.15) is 25.7 Å². The molecular weight excluding hydrogens is 240 g/mol. The van der Waals surface area contributed by atoms with Crippen molar-refractivity contribution >= 4 is 0 Å². The van der Waals surface area contributed by atoms with Crippen molar-refractivity contribution < 1.29 is 0 Å². The van der Waals surface area contributed by atoms with Crippen LogP contribution in [0.4, 0.5) is 0 Å². The Morgan fingerprint density at radius 3 is 1.00 bits per heavy atom. The summed E-state index contributed by atoms with van der Waals surface area (Å²) in [6.45, 7) is 0. The molecule has 0 N–H and O–H groups in total. The average molecular weight is 258 g/mol. The van der Waals surface area contributed by atoms with Crippen LogP contribution in [0.5, 0.6) is 0 Å². The number of rotatable bonds is 0. The Morgan fingerprint density at radius 2 is 0.700 bits per heavy atom.